The van der Waals surface area contributed by atoms with Gasteiger partial charge in [0.05, 0.1) is 28.8 Å². The predicted molar refractivity (Wildman–Crippen MR) is 132 cm³/mol. The van der Waals surface area contributed by atoms with E-state index in [2.05, 4.69) is 26.8 Å². The summed E-state index contributed by atoms with van der Waals surface area (Å²) in [5, 5.41) is 3.00. The molecule has 0 radical (unpaired) electrons. The zero-order chi connectivity index (χ0) is 23.0. The molecule has 8 nitrogen and oxygen atoms in total. The Balaban J connectivity index is 1.36. The molecular weight excluding hydrogens is 434 g/mol. The van der Waals surface area contributed by atoms with Gasteiger partial charge in [0.2, 0.25) is 5.91 Å². The van der Waals surface area contributed by atoms with Crippen LogP contribution in [0.25, 0.3) is 22.1 Å². The van der Waals surface area contributed by atoms with Crippen LogP contribution >= 0.6 is 11.8 Å². The fraction of sp³-hybridized carbons (Fsp3) is 0.375. The highest BCUT2D eigenvalue weighted by Crippen LogP contribution is 2.29. The Labute approximate surface area is 197 Å². The molecule has 33 heavy (non-hydrogen) atoms. The maximum atomic E-state index is 12.1. The van der Waals surface area contributed by atoms with Gasteiger partial charge in [-0.3, -0.25) is 14.8 Å². The number of aryl methyl sites for hydroxylation is 1. The van der Waals surface area contributed by atoms with Gasteiger partial charge in [-0.2, -0.15) is 0 Å². The van der Waals surface area contributed by atoms with Crippen LogP contribution in [0.15, 0.2) is 54.1 Å². The fourth-order valence-corrected chi connectivity index (χ4v) is 4.55. The minimum Gasteiger partial charge on any atom is -0.355 e. The number of aromatic nitrogens is 5. The van der Waals surface area contributed by atoms with E-state index in [1.807, 2.05) is 30.6 Å². The number of thioether (sulfide) groups is 1. The van der Waals surface area contributed by atoms with Crippen LogP contribution in [0.1, 0.15) is 37.8 Å². The summed E-state index contributed by atoms with van der Waals surface area (Å²) in [6.07, 6.45) is 9.81. The van der Waals surface area contributed by atoms with Gasteiger partial charge < -0.3 is 15.6 Å². The molecule has 172 valence electrons. The largest absolute Gasteiger partial charge is 0.355 e. The summed E-state index contributed by atoms with van der Waals surface area (Å²) in [5.41, 5.74) is 10.5. The molecule has 1 unspecified atom stereocenters. The Hall–Kier alpha value is -3.04. The van der Waals surface area contributed by atoms with Gasteiger partial charge in [-0.15, -0.1) is 11.8 Å². The first-order chi connectivity index (χ1) is 16.2. The molecule has 0 spiro atoms. The summed E-state index contributed by atoms with van der Waals surface area (Å²) in [4.78, 5) is 31.3. The first kappa shape index (κ1) is 23.1. The van der Waals surface area contributed by atoms with E-state index in [9.17, 15) is 4.79 Å². The van der Waals surface area contributed by atoms with Crippen LogP contribution in [0.2, 0.25) is 0 Å². The molecule has 1 amide bonds. The Kier molecular flexibility index (Phi) is 7.85. The molecule has 1 atom stereocenters. The maximum absolute atomic E-state index is 12.1. The van der Waals surface area contributed by atoms with Gasteiger partial charge in [0.15, 0.2) is 0 Å². The van der Waals surface area contributed by atoms with Crippen LogP contribution in [-0.4, -0.2) is 49.3 Å². The van der Waals surface area contributed by atoms with Crippen molar-refractivity contribution in [1.82, 2.24) is 29.8 Å². The summed E-state index contributed by atoms with van der Waals surface area (Å²) >= 11 is 1.51. The summed E-state index contributed by atoms with van der Waals surface area (Å²) < 4.78 is 2.16. The van der Waals surface area contributed by atoms with Gasteiger partial charge in [0.1, 0.15) is 11.0 Å². The average Bonchev–Trinajstić information content (AvgIpc) is 3.27. The standard InChI is InChI=1S/C24H29N7OS/c1-17(6-9-25)21-23-24(22-19(30-21)5-4-11-28-22)31(16-29-23)14-3-2-10-27-20(32)15-33-18-7-12-26-13-8-18/h4-5,7-8,11-13,16-17H,2-3,6,9-10,14-15,25H2,1H3,(H,27,32). The lowest BCUT2D eigenvalue weighted by Crippen LogP contribution is -2.26. The predicted octanol–water partition coefficient (Wildman–Crippen LogP) is 3.52. The number of imidazole rings is 1. The molecule has 4 aromatic heterocycles. The lowest BCUT2D eigenvalue weighted by Gasteiger charge is -2.13. The third-order valence-electron chi connectivity index (χ3n) is 5.57. The summed E-state index contributed by atoms with van der Waals surface area (Å²) in [6.45, 7) is 4.22. The molecule has 0 saturated heterocycles. The van der Waals surface area contributed by atoms with Crippen molar-refractivity contribution in [2.45, 2.75) is 43.5 Å². The number of fused-ring (bicyclic) bond motifs is 3. The molecule has 0 bridgehead atoms. The van der Waals surface area contributed by atoms with Gasteiger partial charge in [0.25, 0.3) is 0 Å². The molecule has 0 fully saturated rings. The molecule has 0 aromatic carbocycles. The van der Waals surface area contributed by atoms with Crippen molar-refractivity contribution in [2.75, 3.05) is 18.8 Å². The Morgan fingerprint density at radius 2 is 2.00 bits per heavy atom. The molecule has 4 heterocycles. The van der Waals surface area contributed by atoms with Crippen LogP contribution in [0, 0.1) is 0 Å². The smallest absolute Gasteiger partial charge is 0.230 e. The van der Waals surface area contributed by atoms with E-state index in [4.69, 9.17) is 15.7 Å². The number of unbranched alkanes of at least 4 members (excludes halogenated alkanes) is 1. The molecule has 0 aliphatic heterocycles. The number of hydrogen-bond acceptors (Lipinski definition) is 7. The zero-order valence-corrected chi connectivity index (χ0v) is 19.6. The van der Waals surface area contributed by atoms with Crippen molar-refractivity contribution in [3.05, 3.63) is 54.9 Å². The van der Waals surface area contributed by atoms with E-state index < -0.39 is 0 Å². The van der Waals surface area contributed by atoms with E-state index in [1.165, 1.54) is 11.8 Å². The lowest BCUT2D eigenvalue weighted by atomic mass is 10.0. The highest BCUT2D eigenvalue weighted by atomic mass is 32.2. The van der Waals surface area contributed by atoms with Crippen LogP contribution in [0.4, 0.5) is 0 Å². The van der Waals surface area contributed by atoms with Crippen LogP contribution in [0.5, 0.6) is 0 Å². The highest BCUT2D eigenvalue weighted by molar-refractivity contribution is 8.00. The third kappa shape index (κ3) is 5.66. The van der Waals surface area contributed by atoms with E-state index in [0.29, 0.717) is 18.8 Å². The van der Waals surface area contributed by atoms with Crippen molar-refractivity contribution in [2.24, 2.45) is 5.73 Å². The summed E-state index contributed by atoms with van der Waals surface area (Å²) in [7, 11) is 0. The van der Waals surface area contributed by atoms with Crippen molar-refractivity contribution in [3.63, 3.8) is 0 Å². The van der Waals surface area contributed by atoms with Crippen molar-refractivity contribution < 1.29 is 4.79 Å². The number of carbonyl (C=O) groups is 1. The van der Waals surface area contributed by atoms with Gasteiger partial charge in [0, 0.05) is 42.5 Å². The molecule has 0 aliphatic carbocycles. The molecule has 3 N–H and O–H groups in total. The highest BCUT2D eigenvalue weighted by Gasteiger charge is 2.18. The quantitative estimate of drug-likeness (QED) is 0.259. The van der Waals surface area contributed by atoms with Gasteiger partial charge in [-0.1, -0.05) is 6.92 Å². The number of rotatable bonds is 11. The minimum atomic E-state index is 0.0460. The van der Waals surface area contributed by atoms with Crippen LogP contribution < -0.4 is 11.1 Å². The average molecular weight is 464 g/mol. The van der Waals surface area contributed by atoms with Crippen LogP contribution in [0.3, 0.4) is 0 Å². The van der Waals surface area contributed by atoms with Gasteiger partial charge in [-0.05, 0) is 50.1 Å². The van der Waals surface area contributed by atoms with Gasteiger partial charge >= 0.3 is 0 Å². The number of nitrogens with two attached hydrogens (primary N) is 1. The van der Waals surface area contributed by atoms with Crippen molar-refractivity contribution in [3.8, 4) is 0 Å². The number of carbonyl (C=O) groups excluding carboxylic acids is 1. The zero-order valence-electron chi connectivity index (χ0n) is 18.8. The second kappa shape index (κ2) is 11.2. The van der Waals surface area contributed by atoms with Crippen molar-refractivity contribution >= 4 is 39.7 Å². The third-order valence-corrected chi connectivity index (χ3v) is 6.58. The number of hydrogen-bond donors (Lipinski definition) is 2. The van der Waals surface area contributed by atoms with E-state index in [-0.39, 0.29) is 11.8 Å². The SMILES string of the molecule is CC(CCN)c1nc2cccnc2c2c1ncn2CCCCNC(=O)CSc1ccncc1. The molecule has 0 saturated carbocycles. The second-order valence-corrected chi connectivity index (χ2v) is 9.06. The Morgan fingerprint density at radius 1 is 1.15 bits per heavy atom. The number of pyridine rings is 3. The summed E-state index contributed by atoms with van der Waals surface area (Å²) in [6, 6.07) is 7.72. The van der Waals surface area contributed by atoms with E-state index >= 15 is 0 Å². The molecule has 4 rings (SSSR count). The molecular formula is C24H29N7OS. The number of nitrogens with one attached hydrogen (secondary N) is 1. The minimum absolute atomic E-state index is 0.0460. The number of amides is 1. The van der Waals surface area contributed by atoms with Gasteiger partial charge in [-0.25, -0.2) is 9.97 Å². The van der Waals surface area contributed by atoms with Crippen molar-refractivity contribution in [1.29, 1.82) is 0 Å². The maximum Gasteiger partial charge on any atom is 0.230 e. The number of nitrogens with zero attached hydrogens (tertiary/aromatic N) is 5. The molecule has 9 heteroatoms. The van der Waals surface area contributed by atoms with E-state index in [1.54, 1.807) is 18.6 Å². The van der Waals surface area contributed by atoms with E-state index in [0.717, 1.165) is 58.5 Å². The molecule has 4 aromatic rings. The Bertz CT molecular complexity index is 1210. The molecule has 0 aliphatic rings. The topological polar surface area (TPSA) is 112 Å². The fourth-order valence-electron chi connectivity index (χ4n) is 3.84. The normalized spacial score (nSPS) is 12.3. The summed E-state index contributed by atoms with van der Waals surface area (Å²) in [5.74, 6) is 0.681. The Morgan fingerprint density at radius 3 is 2.82 bits per heavy atom. The first-order valence-electron chi connectivity index (χ1n) is 11.3. The first-order valence-corrected chi connectivity index (χ1v) is 12.2. The second-order valence-electron chi connectivity index (χ2n) is 8.01. The lowest BCUT2D eigenvalue weighted by molar-refractivity contribution is -0.118. The van der Waals surface area contributed by atoms with Crippen LogP contribution in [-0.2, 0) is 11.3 Å². The monoisotopic (exact) mass is 463 g/mol.